The Morgan fingerprint density at radius 3 is 1.07 bits per heavy atom. The van der Waals surface area contributed by atoms with E-state index < -0.39 is 0 Å². The molecule has 46 heavy (non-hydrogen) atoms. The van der Waals surface area contributed by atoms with E-state index in [9.17, 15) is 0 Å². The molecule has 0 spiro atoms. The Kier molecular flexibility index (Phi) is 6.25. The van der Waals surface area contributed by atoms with E-state index in [2.05, 4.69) is 182 Å². The van der Waals surface area contributed by atoms with Crippen molar-refractivity contribution in [2.45, 2.75) is 0 Å². The second-order valence-electron chi connectivity index (χ2n) is 12.1. The molecule has 0 aromatic heterocycles. The number of fused-ring (bicyclic) bond motifs is 4. The fourth-order valence-electron chi connectivity index (χ4n) is 7.19. The SMILES string of the molecule is c1cc(-c2cccc3ccccc23)cc(-c2ccc(-c3ccc4cc(-c5cccc6ccccc56)ccc4c3)c3ccccc23)c1. The minimum absolute atomic E-state index is 1.23. The summed E-state index contributed by atoms with van der Waals surface area (Å²) in [5.74, 6) is 0. The van der Waals surface area contributed by atoms with Crippen molar-refractivity contribution >= 4 is 43.1 Å². The van der Waals surface area contributed by atoms with E-state index in [1.807, 2.05) is 0 Å². The van der Waals surface area contributed by atoms with Crippen LogP contribution < -0.4 is 0 Å². The van der Waals surface area contributed by atoms with Gasteiger partial charge in [-0.1, -0.05) is 164 Å². The first kappa shape index (κ1) is 26.4. The van der Waals surface area contributed by atoms with Gasteiger partial charge in [-0.05, 0) is 106 Å². The minimum atomic E-state index is 1.23. The van der Waals surface area contributed by atoms with E-state index in [0.29, 0.717) is 0 Å². The summed E-state index contributed by atoms with van der Waals surface area (Å²) in [5, 5.41) is 10.1. The van der Waals surface area contributed by atoms with Gasteiger partial charge in [-0.25, -0.2) is 0 Å². The number of hydrogen-bond donors (Lipinski definition) is 0. The summed E-state index contributed by atoms with van der Waals surface area (Å²) < 4.78 is 0. The molecular weight excluding hydrogens is 553 g/mol. The molecule has 0 aliphatic heterocycles. The molecule has 0 nitrogen and oxygen atoms in total. The number of benzene rings is 9. The molecule has 0 radical (unpaired) electrons. The first-order valence-electron chi connectivity index (χ1n) is 15.9. The van der Waals surface area contributed by atoms with Crippen LogP contribution in [0.25, 0.3) is 87.6 Å². The molecule has 0 aliphatic rings. The zero-order valence-corrected chi connectivity index (χ0v) is 25.3. The van der Waals surface area contributed by atoms with Crippen LogP contribution in [0.2, 0.25) is 0 Å². The van der Waals surface area contributed by atoms with Crippen LogP contribution in [0.3, 0.4) is 0 Å². The van der Waals surface area contributed by atoms with E-state index in [1.165, 1.54) is 87.6 Å². The Hall–Kier alpha value is -5.98. The minimum Gasteiger partial charge on any atom is -0.0616 e. The van der Waals surface area contributed by atoms with E-state index >= 15 is 0 Å². The molecule has 0 aliphatic carbocycles. The van der Waals surface area contributed by atoms with Gasteiger partial charge in [0.2, 0.25) is 0 Å². The molecule has 0 unspecified atom stereocenters. The molecule has 0 saturated carbocycles. The van der Waals surface area contributed by atoms with Crippen molar-refractivity contribution < 1.29 is 0 Å². The van der Waals surface area contributed by atoms with Crippen molar-refractivity contribution in [2.75, 3.05) is 0 Å². The maximum absolute atomic E-state index is 2.34. The van der Waals surface area contributed by atoms with Gasteiger partial charge in [-0.15, -0.1) is 0 Å². The summed E-state index contributed by atoms with van der Waals surface area (Å²) >= 11 is 0. The van der Waals surface area contributed by atoms with Crippen molar-refractivity contribution in [1.29, 1.82) is 0 Å². The van der Waals surface area contributed by atoms with E-state index in [-0.39, 0.29) is 0 Å². The van der Waals surface area contributed by atoms with Crippen LogP contribution in [0, 0.1) is 0 Å². The Balaban J connectivity index is 1.12. The highest BCUT2D eigenvalue weighted by atomic mass is 14.2. The molecule has 0 heterocycles. The van der Waals surface area contributed by atoms with Gasteiger partial charge in [0.25, 0.3) is 0 Å². The first-order chi connectivity index (χ1) is 22.8. The molecule has 0 N–H and O–H groups in total. The van der Waals surface area contributed by atoms with Crippen LogP contribution in [-0.2, 0) is 0 Å². The maximum Gasteiger partial charge on any atom is -0.00992 e. The van der Waals surface area contributed by atoms with Crippen LogP contribution in [-0.4, -0.2) is 0 Å². The predicted octanol–water partition coefficient (Wildman–Crippen LogP) is 13.0. The normalized spacial score (nSPS) is 11.5. The van der Waals surface area contributed by atoms with Gasteiger partial charge in [0, 0.05) is 0 Å². The molecule has 9 aromatic carbocycles. The summed E-state index contributed by atoms with van der Waals surface area (Å²) in [6.45, 7) is 0. The lowest BCUT2D eigenvalue weighted by atomic mass is 9.89. The average molecular weight is 583 g/mol. The molecule has 0 bridgehead atoms. The van der Waals surface area contributed by atoms with Crippen molar-refractivity contribution in [1.82, 2.24) is 0 Å². The van der Waals surface area contributed by atoms with Gasteiger partial charge >= 0.3 is 0 Å². The number of rotatable bonds is 4. The molecule has 0 amide bonds. The van der Waals surface area contributed by atoms with Crippen molar-refractivity contribution in [3.8, 4) is 44.5 Å². The second-order valence-corrected chi connectivity index (χ2v) is 12.1. The lowest BCUT2D eigenvalue weighted by Crippen LogP contribution is -1.88. The largest absolute Gasteiger partial charge is 0.0616 e. The predicted molar refractivity (Wildman–Crippen MR) is 198 cm³/mol. The molecule has 214 valence electrons. The molecule has 0 atom stereocenters. The Morgan fingerprint density at radius 1 is 0.196 bits per heavy atom. The topological polar surface area (TPSA) is 0 Å². The molecular formula is C46H30. The first-order valence-corrected chi connectivity index (χ1v) is 15.9. The quantitative estimate of drug-likeness (QED) is 0.194. The van der Waals surface area contributed by atoms with Crippen LogP contribution in [0.5, 0.6) is 0 Å². The van der Waals surface area contributed by atoms with Gasteiger partial charge in [-0.3, -0.25) is 0 Å². The van der Waals surface area contributed by atoms with Gasteiger partial charge in [-0.2, -0.15) is 0 Å². The molecule has 9 aromatic rings. The Bertz CT molecular complexity index is 2580. The highest BCUT2D eigenvalue weighted by Gasteiger charge is 2.12. The third-order valence-corrected chi connectivity index (χ3v) is 9.45. The fourth-order valence-corrected chi connectivity index (χ4v) is 7.19. The van der Waals surface area contributed by atoms with Crippen molar-refractivity contribution in [3.05, 3.63) is 182 Å². The van der Waals surface area contributed by atoms with Crippen LogP contribution in [0.15, 0.2) is 182 Å². The second kappa shape index (κ2) is 10.9. The highest BCUT2D eigenvalue weighted by Crippen LogP contribution is 2.39. The lowest BCUT2D eigenvalue weighted by Gasteiger charge is -2.14. The number of hydrogen-bond acceptors (Lipinski definition) is 0. The third-order valence-electron chi connectivity index (χ3n) is 9.45. The van der Waals surface area contributed by atoms with Crippen molar-refractivity contribution in [3.63, 3.8) is 0 Å². The van der Waals surface area contributed by atoms with Gasteiger partial charge < -0.3 is 0 Å². The summed E-state index contributed by atoms with van der Waals surface area (Å²) in [7, 11) is 0. The Morgan fingerprint density at radius 2 is 0.565 bits per heavy atom. The maximum atomic E-state index is 2.34. The Labute approximate surface area is 268 Å². The summed E-state index contributed by atoms with van der Waals surface area (Å²) in [6, 6.07) is 66.5. The van der Waals surface area contributed by atoms with E-state index in [0.717, 1.165) is 0 Å². The standard InChI is InChI=1S/C46H30/c1-3-16-39-31(10-1)12-8-20-41(39)35-14-7-15-36(30-35)43-26-27-44(46-19-6-5-18-45(43)46)38-25-23-33-28-37(24-22-34(33)29-38)42-21-9-13-32-11-2-4-17-40(32)42/h1-30H. The zero-order chi connectivity index (χ0) is 30.5. The van der Waals surface area contributed by atoms with Gasteiger partial charge in [0.05, 0.1) is 0 Å². The van der Waals surface area contributed by atoms with E-state index in [1.54, 1.807) is 0 Å². The average Bonchev–Trinajstić information content (AvgIpc) is 3.13. The van der Waals surface area contributed by atoms with Gasteiger partial charge in [0.1, 0.15) is 0 Å². The fraction of sp³-hybridized carbons (Fsp3) is 0. The van der Waals surface area contributed by atoms with Crippen LogP contribution >= 0.6 is 0 Å². The van der Waals surface area contributed by atoms with Gasteiger partial charge in [0.15, 0.2) is 0 Å². The smallest absolute Gasteiger partial charge is 0.00992 e. The molecule has 0 heteroatoms. The molecule has 0 fully saturated rings. The highest BCUT2D eigenvalue weighted by molar-refractivity contribution is 6.07. The monoisotopic (exact) mass is 582 g/mol. The van der Waals surface area contributed by atoms with Crippen molar-refractivity contribution in [2.24, 2.45) is 0 Å². The molecule has 9 rings (SSSR count). The summed E-state index contributed by atoms with van der Waals surface area (Å²) in [4.78, 5) is 0. The summed E-state index contributed by atoms with van der Waals surface area (Å²) in [5.41, 5.74) is 9.99. The van der Waals surface area contributed by atoms with Crippen LogP contribution in [0.1, 0.15) is 0 Å². The van der Waals surface area contributed by atoms with E-state index in [4.69, 9.17) is 0 Å². The lowest BCUT2D eigenvalue weighted by molar-refractivity contribution is 1.61. The molecule has 0 saturated heterocycles. The zero-order valence-electron chi connectivity index (χ0n) is 25.3. The van der Waals surface area contributed by atoms with Crippen LogP contribution in [0.4, 0.5) is 0 Å². The third kappa shape index (κ3) is 4.47. The summed E-state index contributed by atoms with van der Waals surface area (Å²) in [6.07, 6.45) is 0.